The fraction of sp³-hybridized carbons (Fsp3) is 0.375. The van der Waals surface area contributed by atoms with E-state index in [1.807, 2.05) is 24.3 Å². The third kappa shape index (κ3) is 2.33. The van der Waals surface area contributed by atoms with Gasteiger partial charge in [-0.2, -0.15) is 0 Å². The van der Waals surface area contributed by atoms with Gasteiger partial charge in [0.25, 0.3) is 5.91 Å². The van der Waals surface area contributed by atoms with Gasteiger partial charge in [-0.25, -0.2) is 4.98 Å². The van der Waals surface area contributed by atoms with Gasteiger partial charge >= 0.3 is 0 Å². The summed E-state index contributed by atoms with van der Waals surface area (Å²) in [6.45, 7) is 2.92. The molecular weight excluding hydrogens is 250 g/mol. The molecule has 1 amide bonds. The first-order chi connectivity index (χ1) is 9.57. The number of benzene rings is 1. The number of hydrogen-bond acceptors (Lipinski definition) is 3. The summed E-state index contributed by atoms with van der Waals surface area (Å²) in [5, 5.41) is 4.81. The summed E-state index contributed by atoms with van der Waals surface area (Å²) in [4.78, 5) is 16.4. The molecule has 0 atom stereocenters. The summed E-state index contributed by atoms with van der Waals surface area (Å²) in [5.41, 5.74) is 6.58. The van der Waals surface area contributed by atoms with Crippen LogP contribution in [-0.2, 0) is 0 Å². The van der Waals surface area contributed by atoms with Crippen LogP contribution in [-0.4, -0.2) is 17.4 Å². The fourth-order valence-corrected chi connectivity index (χ4v) is 2.68. The fourth-order valence-electron chi connectivity index (χ4n) is 2.68. The first kappa shape index (κ1) is 12.9. The molecule has 0 radical (unpaired) electrons. The largest absolute Gasteiger partial charge is 0.383 e. The highest BCUT2D eigenvalue weighted by molar-refractivity contribution is 5.99. The van der Waals surface area contributed by atoms with Gasteiger partial charge < -0.3 is 11.1 Å². The van der Waals surface area contributed by atoms with Gasteiger partial charge in [0, 0.05) is 11.9 Å². The van der Waals surface area contributed by atoms with E-state index in [0.29, 0.717) is 18.1 Å². The number of pyridine rings is 1. The van der Waals surface area contributed by atoms with Gasteiger partial charge in [0.1, 0.15) is 11.5 Å². The summed E-state index contributed by atoms with van der Waals surface area (Å²) in [7, 11) is 0. The Morgan fingerprint density at radius 3 is 2.85 bits per heavy atom. The number of hydrogen-bond donors (Lipinski definition) is 2. The van der Waals surface area contributed by atoms with Gasteiger partial charge in [-0.15, -0.1) is 0 Å². The van der Waals surface area contributed by atoms with Crippen molar-refractivity contribution in [1.29, 1.82) is 0 Å². The number of nitrogens with zero attached hydrogens (tertiary/aromatic N) is 1. The Labute approximate surface area is 118 Å². The quantitative estimate of drug-likeness (QED) is 0.900. The van der Waals surface area contributed by atoms with Crippen LogP contribution in [0.2, 0.25) is 0 Å². The number of amides is 1. The van der Waals surface area contributed by atoms with E-state index < -0.39 is 0 Å². The molecule has 0 spiro atoms. The number of nitrogen functional groups attached to an aromatic ring is 1. The molecule has 1 aliphatic rings. The lowest BCUT2D eigenvalue weighted by Crippen LogP contribution is -2.40. The average molecular weight is 269 g/mol. The molecule has 104 valence electrons. The average Bonchev–Trinajstić information content (AvgIpc) is 2.42. The Bertz CT molecular complexity index is 662. The van der Waals surface area contributed by atoms with Crippen molar-refractivity contribution in [3.05, 3.63) is 36.0 Å². The lowest BCUT2D eigenvalue weighted by atomic mass is 9.70. The van der Waals surface area contributed by atoms with Crippen LogP contribution in [0.4, 0.5) is 5.82 Å². The van der Waals surface area contributed by atoms with Crippen LogP contribution in [0, 0.1) is 5.41 Å². The van der Waals surface area contributed by atoms with E-state index in [9.17, 15) is 4.79 Å². The van der Waals surface area contributed by atoms with Crippen LogP contribution in [0.25, 0.3) is 10.8 Å². The highest BCUT2D eigenvalue weighted by Gasteiger charge is 2.32. The normalized spacial score (nSPS) is 16.6. The lowest BCUT2D eigenvalue weighted by Gasteiger charge is -2.38. The number of nitrogens with two attached hydrogens (primary N) is 1. The van der Waals surface area contributed by atoms with Crippen molar-refractivity contribution in [2.75, 3.05) is 12.3 Å². The van der Waals surface area contributed by atoms with Crippen molar-refractivity contribution in [3.8, 4) is 0 Å². The van der Waals surface area contributed by atoms with E-state index in [1.165, 1.54) is 19.3 Å². The molecule has 0 unspecified atom stereocenters. The molecule has 0 bridgehead atoms. The number of fused-ring (bicyclic) bond motifs is 1. The van der Waals surface area contributed by atoms with E-state index in [1.54, 1.807) is 6.07 Å². The number of carbonyl (C=O) groups is 1. The van der Waals surface area contributed by atoms with Crippen molar-refractivity contribution >= 4 is 22.5 Å². The molecule has 1 saturated carbocycles. The molecule has 4 nitrogen and oxygen atoms in total. The number of carbonyl (C=O) groups excluding carboxylic acids is 1. The highest BCUT2D eigenvalue weighted by Crippen LogP contribution is 2.39. The molecule has 0 aliphatic heterocycles. The maximum Gasteiger partial charge on any atom is 0.270 e. The molecule has 1 aromatic heterocycles. The molecule has 20 heavy (non-hydrogen) atoms. The Morgan fingerprint density at radius 2 is 2.15 bits per heavy atom. The molecule has 1 fully saturated rings. The van der Waals surface area contributed by atoms with E-state index in [-0.39, 0.29) is 11.3 Å². The van der Waals surface area contributed by atoms with Gasteiger partial charge in [0.2, 0.25) is 0 Å². The Hall–Kier alpha value is -2.10. The van der Waals surface area contributed by atoms with E-state index in [2.05, 4.69) is 17.2 Å². The van der Waals surface area contributed by atoms with Crippen LogP contribution in [0.15, 0.2) is 30.3 Å². The van der Waals surface area contributed by atoms with Crippen LogP contribution >= 0.6 is 0 Å². The summed E-state index contributed by atoms with van der Waals surface area (Å²) in [6.07, 6.45) is 3.62. The monoisotopic (exact) mass is 269 g/mol. The van der Waals surface area contributed by atoms with E-state index in [0.717, 1.165) is 10.8 Å². The molecule has 3 rings (SSSR count). The summed E-state index contributed by atoms with van der Waals surface area (Å²) < 4.78 is 0. The SMILES string of the molecule is CC1(CNC(=O)c2cc3ccccc3c(N)n2)CCC1. The molecular formula is C16H19N3O. The van der Waals surface area contributed by atoms with Gasteiger partial charge in [0.15, 0.2) is 0 Å². The third-order valence-electron chi connectivity index (χ3n) is 4.24. The maximum absolute atomic E-state index is 12.2. The van der Waals surface area contributed by atoms with Crippen LogP contribution in [0.3, 0.4) is 0 Å². The molecule has 1 aliphatic carbocycles. The highest BCUT2D eigenvalue weighted by atomic mass is 16.1. The Balaban J connectivity index is 1.80. The molecule has 1 aromatic carbocycles. The predicted octanol–water partition coefficient (Wildman–Crippen LogP) is 2.74. The minimum absolute atomic E-state index is 0.143. The summed E-state index contributed by atoms with van der Waals surface area (Å²) in [6, 6.07) is 9.49. The number of rotatable bonds is 3. The second-order valence-electron chi connectivity index (χ2n) is 5.96. The predicted molar refractivity (Wildman–Crippen MR) is 80.4 cm³/mol. The first-order valence-corrected chi connectivity index (χ1v) is 7.01. The van der Waals surface area contributed by atoms with Gasteiger partial charge in [-0.1, -0.05) is 37.6 Å². The van der Waals surface area contributed by atoms with Crippen LogP contribution in [0.1, 0.15) is 36.7 Å². The van der Waals surface area contributed by atoms with E-state index in [4.69, 9.17) is 5.73 Å². The van der Waals surface area contributed by atoms with Gasteiger partial charge in [-0.05, 0) is 29.7 Å². The second kappa shape index (κ2) is 4.78. The number of aromatic nitrogens is 1. The summed E-state index contributed by atoms with van der Waals surface area (Å²) >= 11 is 0. The first-order valence-electron chi connectivity index (χ1n) is 7.01. The minimum Gasteiger partial charge on any atom is -0.383 e. The summed E-state index contributed by atoms with van der Waals surface area (Å²) in [5.74, 6) is 0.263. The number of nitrogens with one attached hydrogen (secondary N) is 1. The van der Waals surface area contributed by atoms with Crippen molar-refractivity contribution in [2.45, 2.75) is 26.2 Å². The zero-order chi connectivity index (χ0) is 14.2. The molecule has 3 N–H and O–H groups in total. The van der Waals surface area contributed by atoms with Crippen LogP contribution < -0.4 is 11.1 Å². The zero-order valence-electron chi connectivity index (χ0n) is 11.6. The topological polar surface area (TPSA) is 68.0 Å². The van der Waals surface area contributed by atoms with Crippen molar-refractivity contribution in [2.24, 2.45) is 5.41 Å². The molecule has 2 aromatic rings. The van der Waals surface area contributed by atoms with Gasteiger partial charge in [0.05, 0.1) is 0 Å². The molecule has 4 heteroatoms. The van der Waals surface area contributed by atoms with Gasteiger partial charge in [-0.3, -0.25) is 4.79 Å². The smallest absolute Gasteiger partial charge is 0.270 e. The standard InChI is InChI=1S/C16H19N3O/c1-16(7-4-8-16)10-18-15(20)13-9-11-5-2-3-6-12(11)14(17)19-13/h2-3,5-6,9H,4,7-8,10H2,1H3,(H2,17,19)(H,18,20). The number of anilines is 1. The van der Waals surface area contributed by atoms with Crippen LogP contribution in [0.5, 0.6) is 0 Å². The zero-order valence-corrected chi connectivity index (χ0v) is 11.6. The Kier molecular flexibility index (Phi) is 3.08. The lowest BCUT2D eigenvalue weighted by molar-refractivity contribution is 0.0886. The Morgan fingerprint density at radius 1 is 1.40 bits per heavy atom. The molecule has 0 saturated heterocycles. The van der Waals surface area contributed by atoms with Crippen molar-refractivity contribution in [1.82, 2.24) is 10.3 Å². The molecule has 1 heterocycles. The second-order valence-corrected chi connectivity index (χ2v) is 5.96. The van der Waals surface area contributed by atoms with Crippen molar-refractivity contribution < 1.29 is 4.79 Å². The van der Waals surface area contributed by atoms with Crippen molar-refractivity contribution in [3.63, 3.8) is 0 Å². The maximum atomic E-state index is 12.2. The third-order valence-corrected chi connectivity index (χ3v) is 4.24. The minimum atomic E-state index is -0.143. The van der Waals surface area contributed by atoms with E-state index >= 15 is 0 Å².